The molecule has 0 aromatic heterocycles. The fourth-order valence-corrected chi connectivity index (χ4v) is 2.26. The second-order valence-corrected chi connectivity index (χ2v) is 4.67. The summed E-state index contributed by atoms with van der Waals surface area (Å²) in [5.74, 6) is 0.0593. The zero-order valence-electron chi connectivity index (χ0n) is 12.1. The number of rotatable bonds is 7. The molecule has 1 rings (SSSR count). The zero-order chi connectivity index (χ0) is 14.3. The van der Waals surface area contributed by atoms with E-state index < -0.39 is 0 Å². The van der Waals surface area contributed by atoms with Gasteiger partial charge in [0, 0.05) is 37.8 Å². The molecule has 0 saturated heterocycles. The van der Waals surface area contributed by atoms with Crippen molar-refractivity contribution in [1.82, 2.24) is 5.32 Å². The number of nitrogens with one attached hydrogen (secondary N) is 1. The monoisotopic (exact) mass is 263 g/mol. The van der Waals surface area contributed by atoms with Gasteiger partial charge < -0.3 is 16.0 Å². The Balaban J connectivity index is 2.83. The van der Waals surface area contributed by atoms with Crippen LogP contribution < -0.4 is 16.0 Å². The molecule has 19 heavy (non-hydrogen) atoms. The van der Waals surface area contributed by atoms with E-state index in [1.165, 1.54) is 5.56 Å². The second kappa shape index (κ2) is 7.79. The quantitative estimate of drug-likeness (QED) is 0.787. The Kier molecular flexibility index (Phi) is 6.36. The first-order valence-electron chi connectivity index (χ1n) is 6.92. The molecule has 1 atom stereocenters. The molecule has 0 spiro atoms. The largest absolute Gasteiger partial charge is 0.367 e. The predicted molar refractivity (Wildman–Crippen MR) is 80.3 cm³/mol. The first-order chi connectivity index (χ1) is 9.12. The average Bonchev–Trinajstić information content (AvgIpc) is 2.38. The summed E-state index contributed by atoms with van der Waals surface area (Å²) in [4.78, 5) is 13.9. The number of carbonyl (C=O) groups excluding carboxylic acids is 1. The molecular formula is C15H25N3O. The standard InChI is InChI=1S/C15H25N3O/c1-4-17-15(19)10-14(11-16)18(5-2)13-8-6-7-12(3)9-13/h6-9,14H,4-5,10-11,16H2,1-3H3,(H,17,19). The van der Waals surface area contributed by atoms with Crippen LogP contribution in [0.5, 0.6) is 0 Å². The highest BCUT2D eigenvalue weighted by molar-refractivity contribution is 5.77. The molecule has 0 heterocycles. The van der Waals surface area contributed by atoms with Gasteiger partial charge >= 0.3 is 0 Å². The van der Waals surface area contributed by atoms with Crippen LogP contribution in [0.15, 0.2) is 24.3 Å². The number of hydrogen-bond donors (Lipinski definition) is 2. The summed E-state index contributed by atoms with van der Waals surface area (Å²) in [5, 5.41) is 2.83. The van der Waals surface area contributed by atoms with Crippen molar-refractivity contribution in [2.45, 2.75) is 33.2 Å². The molecule has 0 aliphatic heterocycles. The van der Waals surface area contributed by atoms with E-state index in [4.69, 9.17) is 5.73 Å². The number of hydrogen-bond acceptors (Lipinski definition) is 3. The minimum atomic E-state index is 0.0401. The highest BCUT2D eigenvalue weighted by Gasteiger charge is 2.19. The van der Waals surface area contributed by atoms with Gasteiger partial charge in [-0.3, -0.25) is 4.79 Å². The van der Waals surface area contributed by atoms with E-state index in [0.717, 1.165) is 12.2 Å². The molecule has 0 aliphatic carbocycles. The lowest BCUT2D eigenvalue weighted by Gasteiger charge is -2.32. The maximum atomic E-state index is 11.7. The SMILES string of the molecule is CCNC(=O)CC(CN)N(CC)c1cccc(C)c1. The molecule has 1 aromatic carbocycles. The Bertz CT molecular complexity index is 406. The minimum absolute atomic E-state index is 0.0401. The summed E-state index contributed by atoms with van der Waals surface area (Å²) in [6.07, 6.45) is 0.437. The van der Waals surface area contributed by atoms with Crippen LogP contribution in [0.2, 0.25) is 0 Å². The van der Waals surface area contributed by atoms with E-state index in [0.29, 0.717) is 19.5 Å². The molecule has 1 unspecified atom stereocenters. The van der Waals surface area contributed by atoms with Crippen molar-refractivity contribution in [2.24, 2.45) is 5.73 Å². The van der Waals surface area contributed by atoms with Crippen LogP contribution in [-0.4, -0.2) is 31.6 Å². The van der Waals surface area contributed by atoms with E-state index in [1.807, 2.05) is 13.0 Å². The maximum absolute atomic E-state index is 11.7. The van der Waals surface area contributed by atoms with Crippen molar-refractivity contribution in [3.8, 4) is 0 Å². The van der Waals surface area contributed by atoms with Gasteiger partial charge in [0.25, 0.3) is 0 Å². The summed E-state index contributed by atoms with van der Waals surface area (Å²) < 4.78 is 0. The Morgan fingerprint density at radius 3 is 2.68 bits per heavy atom. The zero-order valence-corrected chi connectivity index (χ0v) is 12.1. The van der Waals surface area contributed by atoms with Crippen LogP contribution >= 0.6 is 0 Å². The summed E-state index contributed by atoms with van der Waals surface area (Å²) in [6, 6.07) is 8.34. The van der Waals surface area contributed by atoms with Crippen molar-refractivity contribution in [3.63, 3.8) is 0 Å². The number of benzene rings is 1. The van der Waals surface area contributed by atoms with Gasteiger partial charge in [-0.25, -0.2) is 0 Å². The molecule has 1 amide bonds. The van der Waals surface area contributed by atoms with Crippen molar-refractivity contribution >= 4 is 11.6 Å². The highest BCUT2D eigenvalue weighted by Crippen LogP contribution is 2.19. The molecule has 106 valence electrons. The molecule has 0 saturated carbocycles. The number of carbonyl (C=O) groups is 1. The van der Waals surface area contributed by atoms with Gasteiger partial charge in [0.15, 0.2) is 0 Å². The lowest BCUT2D eigenvalue weighted by Crippen LogP contribution is -2.44. The smallest absolute Gasteiger partial charge is 0.222 e. The number of aryl methyl sites for hydroxylation is 1. The molecular weight excluding hydrogens is 238 g/mol. The molecule has 0 aliphatic rings. The van der Waals surface area contributed by atoms with Crippen molar-refractivity contribution < 1.29 is 4.79 Å². The number of nitrogens with two attached hydrogens (primary N) is 1. The van der Waals surface area contributed by atoms with E-state index >= 15 is 0 Å². The van der Waals surface area contributed by atoms with Gasteiger partial charge in [-0.15, -0.1) is 0 Å². The van der Waals surface area contributed by atoms with Gasteiger partial charge in [0.05, 0.1) is 0 Å². The Morgan fingerprint density at radius 2 is 2.16 bits per heavy atom. The molecule has 0 fully saturated rings. The second-order valence-electron chi connectivity index (χ2n) is 4.67. The number of likely N-dealkylation sites (N-methyl/N-ethyl adjacent to an activating group) is 1. The topological polar surface area (TPSA) is 58.4 Å². The lowest BCUT2D eigenvalue weighted by molar-refractivity contribution is -0.121. The summed E-state index contributed by atoms with van der Waals surface area (Å²) in [5.41, 5.74) is 8.19. The third-order valence-electron chi connectivity index (χ3n) is 3.18. The van der Waals surface area contributed by atoms with Crippen LogP contribution in [0, 0.1) is 6.92 Å². The van der Waals surface area contributed by atoms with E-state index in [1.54, 1.807) is 0 Å². The third kappa shape index (κ3) is 4.56. The van der Waals surface area contributed by atoms with Crippen molar-refractivity contribution in [3.05, 3.63) is 29.8 Å². The first kappa shape index (κ1) is 15.5. The van der Waals surface area contributed by atoms with Gasteiger partial charge in [-0.05, 0) is 38.5 Å². The van der Waals surface area contributed by atoms with Crippen LogP contribution in [0.1, 0.15) is 25.8 Å². The Hall–Kier alpha value is -1.55. The Morgan fingerprint density at radius 1 is 1.42 bits per heavy atom. The highest BCUT2D eigenvalue weighted by atomic mass is 16.1. The van der Waals surface area contributed by atoms with Crippen LogP contribution in [-0.2, 0) is 4.79 Å². The van der Waals surface area contributed by atoms with Gasteiger partial charge in [0.2, 0.25) is 5.91 Å². The Labute approximate surface area is 116 Å². The van der Waals surface area contributed by atoms with Crippen molar-refractivity contribution in [1.29, 1.82) is 0 Å². The number of nitrogens with zero attached hydrogens (tertiary/aromatic N) is 1. The number of anilines is 1. The van der Waals surface area contributed by atoms with E-state index in [2.05, 4.69) is 42.3 Å². The minimum Gasteiger partial charge on any atom is -0.367 e. The van der Waals surface area contributed by atoms with Crippen LogP contribution in [0.3, 0.4) is 0 Å². The number of amides is 1. The summed E-state index contributed by atoms with van der Waals surface area (Å²) >= 11 is 0. The van der Waals surface area contributed by atoms with Gasteiger partial charge in [-0.1, -0.05) is 12.1 Å². The first-order valence-corrected chi connectivity index (χ1v) is 6.92. The molecule has 1 aromatic rings. The van der Waals surface area contributed by atoms with Gasteiger partial charge in [0.1, 0.15) is 0 Å². The fraction of sp³-hybridized carbons (Fsp3) is 0.533. The lowest BCUT2D eigenvalue weighted by atomic mass is 10.1. The third-order valence-corrected chi connectivity index (χ3v) is 3.18. The van der Waals surface area contributed by atoms with E-state index in [9.17, 15) is 4.79 Å². The van der Waals surface area contributed by atoms with Crippen molar-refractivity contribution in [2.75, 3.05) is 24.5 Å². The molecule has 3 N–H and O–H groups in total. The average molecular weight is 263 g/mol. The van der Waals surface area contributed by atoms with Crippen LogP contribution in [0.25, 0.3) is 0 Å². The maximum Gasteiger partial charge on any atom is 0.222 e. The predicted octanol–water partition coefficient (Wildman–Crippen LogP) is 1.67. The normalized spacial score (nSPS) is 12.0. The molecule has 0 bridgehead atoms. The molecule has 4 heteroatoms. The fourth-order valence-electron chi connectivity index (χ4n) is 2.26. The molecule has 4 nitrogen and oxygen atoms in total. The summed E-state index contributed by atoms with van der Waals surface area (Å²) in [7, 11) is 0. The summed E-state index contributed by atoms with van der Waals surface area (Å²) in [6.45, 7) is 8.05. The van der Waals surface area contributed by atoms with Crippen LogP contribution in [0.4, 0.5) is 5.69 Å². The molecule has 0 radical (unpaired) electrons. The van der Waals surface area contributed by atoms with E-state index in [-0.39, 0.29) is 11.9 Å². The van der Waals surface area contributed by atoms with Gasteiger partial charge in [-0.2, -0.15) is 0 Å².